The molecule has 28 heavy (non-hydrogen) atoms. The Balaban J connectivity index is 2.29. The molecule has 0 spiro atoms. The van der Waals surface area contributed by atoms with Crippen LogP contribution in [-0.2, 0) is 14.9 Å². The SMILES string of the molecule is CCOC(=O)c1oc2cc(OS(C)(=O)=O)ccc2c(=O)c1-c1ccc(Br)cc1. The van der Waals surface area contributed by atoms with E-state index in [9.17, 15) is 18.0 Å². The fourth-order valence-electron chi connectivity index (χ4n) is 2.62. The van der Waals surface area contributed by atoms with Crippen molar-refractivity contribution in [3.8, 4) is 16.9 Å². The topological polar surface area (TPSA) is 99.9 Å². The Hall–Kier alpha value is -2.65. The molecular formula is C19H15BrO7S. The van der Waals surface area contributed by atoms with Gasteiger partial charge in [0.15, 0.2) is 0 Å². The molecule has 0 saturated heterocycles. The van der Waals surface area contributed by atoms with Crippen LogP contribution in [0.1, 0.15) is 17.5 Å². The van der Waals surface area contributed by atoms with Crippen molar-refractivity contribution in [3.63, 3.8) is 0 Å². The Labute approximate surface area is 169 Å². The van der Waals surface area contributed by atoms with Crippen LogP contribution in [0, 0.1) is 0 Å². The maximum atomic E-state index is 13.1. The van der Waals surface area contributed by atoms with Crippen LogP contribution in [0.5, 0.6) is 5.75 Å². The number of hydrogen-bond donors (Lipinski definition) is 0. The highest BCUT2D eigenvalue weighted by Crippen LogP contribution is 2.28. The summed E-state index contributed by atoms with van der Waals surface area (Å²) >= 11 is 3.32. The predicted molar refractivity (Wildman–Crippen MR) is 107 cm³/mol. The molecule has 0 fully saturated rings. The maximum Gasteiger partial charge on any atom is 0.375 e. The van der Waals surface area contributed by atoms with E-state index in [2.05, 4.69) is 15.9 Å². The van der Waals surface area contributed by atoms with Gasteiger partial charge in [-0.1, -0.05) is 28.1 Å². The highest BCUT2D eigenvalue weighted by Gasteiger charge is 2.23. The normalized spacial score (nSPS) is 11.4. The molecular weight excluding hydrogens is 452 g/mol. The van der Waals surface area contributed by atoms with Gasteiger partial charge in [-0.25, -0.2) is 4.79 Å². The van der Waals surface area contributed by atoms with Crippen LogP contribution in [0.3, 0.4) is 0 Å². The van der Waals surface area contributed by atoms with Crippen LogP contribution < -0.4 is 9.61 Å². The van der Waals surface area contributed by atoms with Crippen LogP contribution >= 0.6 is 15.9 Å². The monoisotopic (exact) mass is 466 g/mol. The minimum atomic E-state index is -3.76. The maximum absolute atomic E-state index is 13.1. The number of benzene rings is 2. The van der Waals surface area contributed by atoms with Gasteiger partial charge in [-0.3, -0.25) is 4.79 Å². The van der Waals surface area contributed by atoms with Crippen LogP contribution in [0.25, 0.3) is 22.1 Å². The zero-order chi connectivity index (χ0) is 20.5. The lowest BCUT2D eigenvalue weighted by molar-refractivity contribution is 0.0492. The largest absolute Gasteiger partial charge is 0.460 e. The van der Waals surface area contributed by atoms with Crippen molar-refractivity contribution in [2.45, 2.75) is 6.92 Å². The van der Waals surface area contributed by atoms with Gasteiger partial charge in [-0.2, -0.15) is 8.42 Å². The summed E-state index contributed by atoms with van der Waals surface area (Å²) in [6.45, 7) is 1.73. The number of rotatable bonds is 5. The van der Waals surface area contributed by atoms with Gasteiger partial charge in [0.05, 0.1) is 23.8 Å². The number of fused-ring (bicyclic) bond motifs is 1. The molecule has 0 amide bonds. The number of carbonyl (C=O) groups excluding carboxylic acids is 1. The molecule has 3 rings (SSSR count). The van der Waals surface area contributed by atoms with E-state index in [1.165, 1.54) is 18.2 Å². The molecule has 1 heterocycles. The minimum Gasteiger partial charge on any atom is -0.460 e. The molecule has 1 aromatic heterocycles. The van der Waals surface area contributed by atoms with Gasteiger partial charge in [0.25, 0.3) is 0 Å². The highest BCUT2D eigenvalue weighted by atomic mass is 79.9. The number of carbonyl (C=O) groups is 1. The Kier molecular flexibility index (Phi) is 5.57. The van der Waals surface area contributed by atoms with Crippen LogP contribution in [0.4, 0.5) is 0 Å². The number of esters is 1. The average Bonchev–Trinajstić information content (AvgIpc) is 2.61. The molecule has 0 saturated carbocycles. The van der Waals surface area contributed by atoms with E-state index in [4.69, 9.17) is 13.3 Å². The molecule has 0 N–H and O–H groups in total. The van der Waals surface area contributed by atoms with Crippen molar-refractivity contribution in [1.29, 1.82) is 0 Å². The van der Waals surface area contributed by atoms with E-state index in [0.29, 0.717) is 5.56 Å². The smallest absolute Gasteiger partial charge is 0.375 e. The summed E-state index contributed by atoms with van der Waals surface area (Å²) in [5, 5.41) is 0.173. The Morgan fingerprint density at radius 3 is 2.43 bits per heavy atom. The quantitative estimate of drug-likeness (QED) is 0.416. The lowest BCUT2D eigenvalue weighted by atomic mass is 10.0. The highest BCUT2D eigenvalue weighted by molar-refractivity contribution is 9.10. The fraction of sp³-hybridized carbons (Fsp3) is 0.158. The van der Waals surface area contributed by atoms with Crippen molar-refractivity contribution in [3.05, 3.63) is 62.9 Å². The first-order valence-corrected chi connectivity index (χ1v) is 10.7. The summed E-state index contributed by atoms with van der Waals surface area (Å²) in [5.74, 6) is -1.10. The van der Waals surface area contributed by atoms with Crippen molar-refractivity contribution < 1.29 is 26.5 Å². The van der Waals surface area contributed by atoms with Crippen LogP contribution in [0.15, 0.2) is 56.1 Å². The van der Waals surface area contributed by atoms with Gasteiger partial charge in [0.1, 0.15) is 11.3 Å². The van der Waals surface area contributed by atoms with Gasteiger partial charge in [-0.05, 0) is 36.8 Å². The number of hydrogen-bond acceptors (Lipinski definition) is 7. The van der Waals surface area contributed by atoms with E-state index < -0.39 is 21.5 Å². The van der Waals surface area contributed by atoms with Crippen LogP contribution in [-0.4, -0.2) is 27.2 Å². The predicted octanol–water partition coefficient (Wildman–Crippen LogP) is 3.74. The summed E-state index contributed by atoms with van der Waals surface area (Å²) in [7, 11) is -3.76. The van der Waals surface area contributed by atoms with E-state index in [0.717, 1.165) is 10.7 Å². The third kappa shape index (κ3) is 4.26. The second kappa shape index (κ2) is 7.76. The molecule has 0 aliphatic heterocycles. The van der Waals surface area contributed by atoms with Crippen LogP contribution in [0.2, 0.25) is 0 Å². The van der Waals surface area contributed by atoms with E-state index >= 15 is 0 Å². The molecule has 146 valence electrons. The first-order valence-electron chi connectivity index (χ1n) is 8.13. The van der Waals surface area contributed by atoms with Gasteiger partial charge < -0.3 is 13.3 Å². The summed E-state index contributed by atoms with van der Waals surface area (Å²) in [4.78, 5) is 25.5. The van der Waals surface area contributed by atoms with Crippen molar-refractivity contribution in [1.82, 2.24) is 0 Å². The van der Waals surface area contributed by atoms with Gasteiger partial charge in [-0.15, -0.1) is 0 Å². The zero-order valence-corrected chi connectivity index (χ0v) is 17.3. The zero-order valence-electron chi connectivity index (χ0n) is 14.9. The minimum absolute atomic E-state index is 0.00932. The van der Waals surface area contributed by atoms with Gasteiger partial charge in [0.2, 0.25) is 11.2 Å². The molecule has 0 bridgehead atoms. The second-order valence-corrected chi connectivity index (χ2v) is 8.30. The molecule has 7 nitrogen and oxygen atoms in total. The van der Waals surface area contributed by atoms with Crippen molar-refractivity contribution in [2.75, 3.05) is 12.9 Å². The van der Waals surface area contributed by atoms with Crippen molar-refractivity contribution >= 4 is 43.0 Å². The third-order valence-corrected chi connectivity index (χ3v) is 4.73. The third-order valence-electron chi connectivity index (χ3n) is 3.71. The molecule has 0 aliphatic carbocycles. The number of ether oxygens (including phenoxy) is 1. The van der Waals surface area contributed by atoms with E-state index in [-0.39, 0.29) is 34.6 Å². The molecule has 2 aromatic carbocycles. The molecule has 0 aliphatic rings. The summed E-state index contributed by atoms with van der Waals surface area (Å²) < 4.78 is 39.0. The Morgan fingerprint density at radius 1 is 1.14 bits per heavy atom. The fourth-order valence-corrected chi connectivity index (χ4v) is 3.34. The Morgan fingerprint density at radius 2 is 1.82 bits per heavy atom. The molecule has 0 atom stereocenters. The number of halogens is 1. The van der Waals surface area contributed by atoms with E-state index in [1.807, 2.05) is 0 Å². The molecule has 9 heteroatoms. The lowest BCUT2D eigenvalue weighted by Crippen LogP contribution is -2.15. The first-order chi connectivity index (χ1) is 13.2. The molecule has 0 unspecified atom stereocenters. The van der Waals surface area contributed by atoms with E-state index in [1.54, 1.807) is 31.2 Å². The second-order valence-electron chi connectivity index (χ2n) is 5.81. The summed E-state index contributed by atoms with van der Waals surface area (Å²) in [6, 6.07) is 10.8. The van der Waals surface area contributed by atoms with Crippen molar-refractivity contribution in [2.24, 2.45) is 0 Å². The summed E-state index contributed by atoms with van der Waals surface area (Å²) in [5.41, 5.74) is 0.112. The van der Waals surface area contributed by atoms with Gasteiger partial charge >= 0.3 is 16.1 Å². The lowest BCUT2D eigenvalue weighted by Gasteiger charge is -2.10. The first kappa shape index (κ1) is 20.1. The summed E-state index contributed by atoms with van der Waals surface area (Å²) in [6.07, 6.45) is 0.897. The van der Waals surface area contributed by atoms with Gasteiger partial charge in [0, 0.05) is 10.5 Å². The average molecular weight is 467 g/mol. The Bertz CT molecular complexity index is 1210. The standard InChI is InChI=1S/C19H15BrO7S/c1-3-25-19(22)18-16(11-4-6-12(20)7-5-11)17(21)14-9-8-13(10-15(14)26-18)27-28(2,23)24/h4-10H,3H2,1-2H3. The molecule has 3 aromatic rings. The molecule has 0 radical (unpaired) electrons.